The van der Waals surface area contributed by atoms with E-state index < -0.39 is 0 Å². The summed E-state index contributed by atoms with van der Waals surface area (Å²) in [7, 11) is 1.70. The molecular formula is C13H19N3O2. The summed E-state index contributed by atoms with van der Waals surface area (Å²) in [5.74, 6) is -0.0482. The van der Waals surface area contributed by atoms with Gasteiger partial charge in [0, 0.05) is 25.9 Å². The zero-order valence-electron chi connectivity index (χ0n) is 10.8. The Balaban J connectivity index is 1.96. The summed E-state index contributed by atoms with van der Waals surface area (Å²) in [4.78, 5) is 16.1. The average molecular weight is 249 g/mol. The number of methoxy groups -OCH3 is 1. The predicted octanol–water partition coefficient (Wildman–Crippen LogP) is 1.42. The number of hydrogen-bond donors (Lipinski definition) is 2. The molecule has 0 aromatic carbocycles. The average Bonchev–Trinajstić information content (AvgIpc) is 2.34. The van der Waals surface area contributed by atoms with Gasteiger partial charge in [-0.1, -0.05) is 0 Å². The third kappa shape index (κ3) is 2.79. The zero-order valence-corrected chi connectivity index (χ0v) is 10.8. The fourth-order valence-electron chi connectivity index (χ4n) is 2.06. The van der Waals surface area contributed by atoms with Crippen LogP contribution in [-0.4, -0.2) is 36.7 Å². The third-order valence-corrected chi connectivity index (χ3v) is 3.20. The molecular weight excluding hydrogens is 230 g/mol. The van der Waals surface area contributed by atoms with Crippen LogP contribution in [-0.2, 0) is 4.74 Å². The van der Waals surface area contributed by atoms with Gasteiger partial charge in [-0.05, 0) is 25.8 Å². The van der Waals surface area contributed by atoms with Crippen molar-refractivity contribution in [1.82, 2.24) is 10.3 Å². The Bertz CT molecular complexity index is 416. The highest BCUT2D eigenvalue weighted by molar-refractivity contribution is 5.99. The third-order valence-electron chi connectivity index (χ3n) is 3.20. The molecule has 1 amide bonds. The number of amides is 1. The molecule has 1 aliphatic carbocycles. The number of nitrogens with zero attached hydrogens (tertiary/aromatic N) is 1. The van der Waals surface area contributed by atoms with Crippen LogP contribution in [0.1, 0.15) is 30.1 Å². The summed E-state index contributed by atoms with van der Waals surface area (Å²) in [5.41, 5.74) is 1.42. The van der Waals surface area contributed by atoms with Crippen LogP contribution >= 0.6 is 0 Å². The van der Waals surface area contributed by atoms with Crippen molar-refractivity contribution < 1.29 is 9.53 Å². The minimum Gasteiger partial charge on any atom is -0.383 e. The number of carbonyl (C=O) groups is 1. The van der Waals surface area contributed by atoms with E-state index in [1.165, 1.54) is 0 Å². The van der Waals surface area contributed by atoms with Gasteiger partial charge in [0.1, 0.15) is 0 Å². The molecule has 1 fully saturated rings. The summed E-state index contributed by atoms with van der Waals surface area (Å²) in [6.45, 7) is 2.75. The van der Waals surface area contributed by atoms with E-state index in [9.17, 15) is 4.79 Å². The maximum atomic E-state index is 12.1. The maximum absolute atomic E-state index is 12.1. The Morgan fingerprint density at radius 1 is 1.56 bits per heavy atom. The van der Waals surface area contributed by atoms with Gasteiger partial charge in [-0.2, -0.15) is 0 Å². The Morgan fingerprint density at radius 3 is 3.00 bits per heavy atom. The van der Waals surface area contributed by atoms with Gasteiger partial charge in [-0.15, -0.1) is 0 Å². The molecule has 0 aliphatic heterocycles. The first-order chi connectivity index (χ1) is 8.74. The number of ether oxygens (including phenoxy) is 1. The molecule has 1 saturated carbocycles. The molecule has 0 saturated heterocycles. The molecule has 2 rings (SSSR count). The van der Waals surface area contributed by atoms with Crippen molar-refractivity contribution in [2.75, 3.05) is 19.0 Å². The molecule has 5 nitrogen and oxygen atoms in total. The summed E-state index contributed by atoms with van der Waals surface area (Å²) in [6, 6.07) is 1.96. The van der Waals surface area contributed by atoms with Gasteiger partial charge in [-0.25, -0.2) is 0 Å². The summed E-state index contributed by atoms with van der Waals surface area (Å²) in [6.07, 6.45) is 5.39. The van der Waals surface area contributed by atoms with E-state index in [1.807, 2.05) is 6.92 Å². The van der Waals surface area contributed by atoms with Crippen LogP contribution in [0.3, 0.4) is 0 Å². The Morgan fingerprint density at radius 2 is 2.33 bits per heavy atom. The van der Waals surface area contributed by atoms with Gasteiger partial charge in [0.25, 0.3) is 5.91 Å². The lowest BCUT2D eigenvalue weighted by molar-refractivity contribution is 0.0176. The van der Waals surface area contributed by atoms with E-state index in [1.54, 1.807) is 25.6 Å². The van der Waals surface area contributed by atoms with Crippen molar-refractivity contribution >= 4 is 11.6 Å². The van der Waals surface area contributed by atoms with Crippen LogP contribution in [0.4, 0.5) is 5.69 Å². The molecule has 0 unspecified atom stereocenters. The van der Waals surface area contributed by atoms with Crippen LogP contribution in [0.25, 0.3) is 0 Å². The van der Waals surface area contributed by atoms with Crippen molar-refractivity contribution in [3.63, 3.8) is 0 Å². The summed E-state index contributed by atoms with van der Waals surface area (Å²) < 4.78 is 5.19. The van der Waals surface area contributed by atoms with Gasteiger partial charge in [0.15, 0.2) is 0 Å². The molecule has 0 radical (unpaired) electrons. The second-order valence-corrected chi connectivity index (χ2v) is 4.45. The van der Waals surface area contributed by atoms with Crippen molar-refractivity contribution in [3.8, 4) is 0 Å². The van der Waals surface area contributed by atoms with Gasteiger partial charge >= 0.3 is 0 Å². The Labute approximate surface area is 107 Å². The largest absolute Gasteiger partial charge is 0.383 e. The second kappa shape index (κ2) is 5.82. The molecule has 0 spiro atoms. The van der Waals surface area contributed by atoms with Crippen molar-refractivity contribution in [2.24, 2.45) is 0 Å². The van der Waals surface area contributed by atoms with Gasteiger partial charge in [0.05, 0.1) is 23.6 Å². The number of hydrogen-bond acceptors (Lipinski definition) is 4. The molecule has 0 atom stereocenters. The maximum Gasteiger partial charge on any atom is 0.253 e. The molecule has 0 bridgehead atoms. The predicted molar refractivity (Wildman–Crippen MR) is 69.7 cm³/mol. The highest BCUT2D eigenvalue weighted by atomic mass is 16.5. The first kappa shape index (κ1) is 12.8. The fourth-order valence-corrected chi connectivity index (χ4v) is 2.06. The summed E-state index contributed by atoms with van der Waals surface area (Å²) in [5, 5.41) is 6.15. The van der Waals surface area contributed by atoms with Crippen LogP contribution < -0.4 is 10.6 Å². The minimum atomic E-state index is -0.0482. The van der Waals surface area contributed by atoms with Gasteiger partial charge in [-0.3, -0.25) is 9.78 Å². The molecule has 1 heterocycles. The number of aromatic nitrogens is 1. The van der Waals surface area contributed by atoms with E-state index >= 15 is 0 Å². The monoisotopic (exact) mass is 249 g/mol. The van der Waals surface area contributed by atoms with E-state index in [2.05, 4.69) is 15.6 Å². The van der Waals surface area contributed by atoms with E-state index in [0.29, 0.717) is 11.7 Å². The Kier molecular flexibility index (Phi) is 4.15. The molecule has 1 aliphatic rings. The lowest BCUT2D eigenvalue weighted by Gasteiger charge is -2.34. The van der Waals surface area contributed by atoms with Crippen LogP contribution in [0.2, 0.25) is 0 Å². The van der Waals surface area contributed by atoms with Gasteiger partial charge in [0.2, 0.25) is 0 Å². The van der Waals surface area contributed by atoms with Crippen molar-refractivity contribution in [1.29, 1.82) is 0 Å². The van der Waals surface area contributed by atoms with Gasteiger partial charge < -0.3 is 15.4 Å². The van der Waals surface area contributed by atoms with Crippen molar-refractivity contribution in [2.45, 2.75) is 31.9 Å². The number of carbonyl (C=O) groups excluding carboxylic acids is 1. The normalized spacial score (nSPS) is 22.1. The first-order valence-electron chi connectivity index (χ1n) is 6.26. The molecule has 18 heavy (non-hydrogen) atoms. The van der Waals surface area contributed by atoms with E-state index in [-0.39, 0.29) is 11.9 Å². The zero-order chi connectivity index (χ0) is 13.0. The fraction of sp³-hybridized carbons (Fsp3) is 0.538. The van der Waals surface area contributed by atoms with Crippen LogP contribution in [0.15, 0.2) is 18.5 Å². The molecule has 2 N–H and O–H groups in total. The van der Waals surface area contributed by atoms with E-state index in [4.69, 9.17) is 4.74 Å². The van der Waals surface area contributed by atoms with Crippen LogP contribution in [0, 0.1) is 0 Å². The smallest absolute Gasteiger partial charge is 0.253 e. The number of pyridine rings is 1. The Hall–Kier alpha value is -1.62. The lowest BCUT2D eigenvalue weighted by atomic mass is 9.89. The summed E-state index contributed by atoms with van der Waals surface area (Å²) >= 11 is 0. The van der Waals surface area contributed by atoms with E-state index in [0.717, 1.165) is 25.1 Å². The highest BCUT2D eigenvalue weighted by Gasteiger charge is 2.30. The number of rotatable bonds is 5. The highest BCUT2D eigenvalue weighted by Crippen LogP contribution is 2.23. The SMILES string of the molecule is CCNc1cnccc1C(=O)NC1CC(OC)C1. The number of anilines is 1. The van der Waals surface area contributed by atoms with Crippen molar-refractivity contribution in [3.05, 3.63) is 24.0 Å². The molecule has 5 heteroatoms. The first-order valence-corrected chi connectivity index (χ1v) is 6.26. The molecule has 1 aromatic rings. The minimum absolute atomic E-state index is 0.0482. The standard InChI is InChI=1S/C13H19N3O2/c1-3-15-12-8-14-5-4-11(12)13(17)16-9-6-10(7-9)18-2/h4-5,8-10,15H,3,6-7H2,1-2H3,(H,16,17). The number of nitrogens with one attached hydrogen (secondary N) is 2. The second-order valence-electron chi connectivity index (χ2n) is 4.45. The quantitative estimate of drug-likeness (QED) is 0.828. The topological polar surface area (TPSA) is 63.2 Å². The van der Waals surface area contributed by atoms with Crippen LogP contribution in [0.5, 0.6) is 0 Å². The molecule has 98 valence electrons. The molecule has 1 aromatic heterocycles. The lowest BCUT2D eigenvalue weighted by Crippen LogP contribution is -2.47.